The van der Waals surface area contributed by atoms with E-state index in [0.29, 0.717) is 13.0 Å². The van der Waals surface area contributed by atoms with E-state index < -0.39 is 0 Å². The van der Waals surface area contributed by atoms with Crippen LogP contribution in [0.25, 0.3) is 0 Å². The van der Waals surface area contributed by atoms with Crippen LogP contribution in [0.3, 0.4) is 0 Å². The molecule has 2 aliphatic rings. The van der Waals surface area contributed by atoms with Gasteiger partial charge in [0.2, 0.25) is 11.8 Å². The van der Waals surface area contributed by atoms with Crippen LogP contribution in [-0.4, -0.2) is 64.2 Å². The molecule has 0 radical (unpaired) electrons. The van der Waals surface area contributed by atoms with Crippen LogP contribution < -0.4 is 0 Å². The summed E-state index contributed by atoms with van der Waals surface area (Å²) >= 11 is 0. The number of piperazine rings is 1. The molecule has 1 aromatic heterocycles. The second kappa shape index (κ2) is 8.74. The Bertz CT molecular complexity index is 834. The Morgan fingerprint density at radius 2 is 1.76 bits per heavy atom. The summed E-state index contributed by atoms with van der Waals surface area (Å²) in [5, 5.41) is 0. The fourth-order valence-electron chi connectivity index (χ4n) is 4.31. The Labute approximate surface area is 172 Å². The molecule has 29 heavy (non-hydrogen) atoms. The highest BCUT2D eigenvalue weighted by Crippen LogP contribution is 2.29. The van der Waals surface area contributed by atoms with E-state index in [2.05, 4.69) is 9.88 Å². The minimum atomic E-state index is -0.222. The Balaban J connectivity index is 1.31. The smallest absolute Gasteiger partial charge is 0.228 e. The Morgan fingerprint density at radius 3 is 2.45 bits per heavy atom. The molecular formula is C23H28N4O2. The maximum absolute atomic E-state index is 13.0. The molecule has 0 aliphatic carbocycles. The van der Waals surface area contributed by atoms with Gasteiger partial charge in [0.15, 0.2) is 0 Å². The molecule has 6 heteroatoms. The summed E-state index contributed by atoms with van der Waals surface area (Å²) in [5.74, 6) is -0.0129. The molecule has 2 fully saturated rings. The second-order valence-electron chi connectivity index (χ2n) is 7.99. The molecule has 0 unspecified atom stereocenters. The summed E-state index contributed by atoms with van der Waals surface area (Å²) in [6.07, 6.45) is 3.95. The molecule has 4 rings (SSSR count). The summed E-state index contributed by atoms with van der Waals surface area (Å²) < 4.78 is 0. The third-order valence-electron chi connectivity index (χ3n) is 6.10. The molecule has 2 saturated heterocycles. The van der Waals surface area contributed by atoms with Crippen LogP contribution in [0, 0.1) is 5.92 Å². The van der Waals surface area contributed by atoms with Crippen LogP contribution in [0.2, 0.25) is 0 Å². The normalized spacial score (nSPS) is 21.4. The summed E-state index contributed by atoms with van der Waals surface area (Å²) in [5.41, 5.74) is 2.35. The average molecular weight is 393 g/mol. The first-order valence-corrected chi connectivity index (χ1v) is 10.4. The van der Waals surface area contributed by atoms with Gasteiger partial charge in [0.1, 0.15) is 0 Å². The Morgan fingerprint density at radius 1 is 1.07 bits per heavy atom. The van der Waals surface area contributed by atoms with Crippen molar-refractivity contribution in [2.45, 2.75) is 25.9 Å². The summed E-state index contributed by atoms with van der Waals surface area (Å²) in [6.45, 7) is 6.61. The number of amides is 2. The van der Waals surface area contributed by atoms with E-state index in [0.717, 1.165) is 38.3 Å². The lowest BCUT2D eigenvalue weighted by molar-refractivity contribution is -0.137. The summed E-state index contributed by atoms with van der Waals surface area (Å²) in [7, 11) is 0. The predicted octanol–water partition coefficient (Wildman–Crippen LogP) is 2.34. The zero-order valence-electron chi connectivity index (χ0n) is 16.9. The SMILES string of the molecule is C[C@H](c1ccccc1)N1C[C@H](C(=O)N2CCN(Cc3ccncc3)CC2)CC1=O. The number of nitrogens with zero attached hydrogens (tertiary/aromatic N) is 4. The van der Waals surface area contributed by atoms with Gasteiger partial charge in [0, 0.05) is 58.1 Å². The van der Waals surface area contributed by atoms with Crippen molar-refractivity contribution < 1.29 is 9.59 Å². The largest absolute Gasteiger partial charge is 0.340 e. The molecule has 152 valence electrons. The van der Waals surface area contributed by atoms with Crippen molar-refractivity contribution in [3.8, 4) is 0 Å². The zero-order valence-corrected chi connectivity index (χ0v) is 16.9. The lowest BCUT2D eigenvalue weighted by atomic mass is 10.1. The van der Waals surface area contributed by atoms with E-state index in [9.17, 15) is 9.59 Å². The lowest BCUT2D eigenvalue weighted by Gasteiger charge is -2.36. The molecular weight excluding hydrogens is 364 g/mol. The van der Waals surface area contributed by atoms with Crippen molar-refractivity contribution in [3.63, 3.8) is 0 Å². The van der Waals surface area contributed by atoms with Gasteiger partial charge in [-0.15, -0.1) is 0 Å². The van der Waals surface area contributed by atoms with Crippen molar-refractivity contribution in [3.05, 3.63) is 66.0 Å². The molecule has 0 saturated carbocycles. The first-order valence-electron chi connectivity index (χ1n) is 10.4. The van der Waals surface area contributed by atoms with Gasteiger partial charge in [0.05, 0.1) is 12.0 Å². The first-order chi connectivity index (χ1) is 14.1. The minimum absolute atomic E-state index is 0.00119. The molecule has 0 bridgehead atoms. The van der Waals surface area contributed by atoms with Crippen LogP contribution in [0.15, 0.2) is 54.9 Å². The van der Waals surface area contributed by atoms with Crippen molar-refractivity contribution in [2.24, 2.45) is 5.92 Å². The zero-order chi connectivity index (χ0) is 20.2. The van der Waals surface area contributed by atoms with Crippen LogP contribution >= 0.6 is 0 Å². The minimum Gasteiger partial charge on any atom is -0.340 e. The number of likely N-dealkylation sites (tertiary alicyclic amines) is 1. The van der Waals surface area contributed by atoms with Crippen LogP contribution in [0.5, 0.6) is 0 Å². The number of hydrogen-bond donors (Lipinski definition) is 0. The highest BCUT2D eigenvalue weighted by atomic mass is 16.2. The maximum Gasteiger partial charge on any atom is 0.228 e. The third kappa shape index (κ3) is 4.48. The van der Waals surface area contributed by atoms with Crippen LogP contribution in [0.4, 0.5) is 0 Å². The Kier molecular flexibility index (Phi) is 5.90. The number of aromatic nitrogens is 1. The molecule has 3 heterocycles. The third-order valence-corrected chi connectivity index (χ3v) is 6.10. The summed E-state index contributed by atoms with van der Waals surface area (Å²) in [4.78, 5) is 35.8. The number of carbonyl (C=O) groups excluding carboxylic acids is 2. The molecule has 2 aliphatic heterocycles. The summed E-state index contributed by atoms with van der Waals surface area (Å²) in [6, 6.07) is 14.1. The monoisotopic (exact) mass is 392 g/mol. The van der Waals surface area contributed by atoms with E-state index >= 15 is 0 Å². The quantitative estimate of drug-likeness (QED) is 0.784. The van der Waals surface area contributed by atoms with Gasteiger partial charge in [-0.05, 0) is 30.2 Å². The van der Waals surface area contributed by atoms with Gasteiger partial charge in [0.25, 0.3) is 0 Å². The van der Waals surface area contributed by atoms with E-state index in [1.54, 1.807) is 0 Å². The maximum atomic E-state index is 13.0. The number of pyridine rings is 1. The highest BCUT2D eigenvalue weighted by Gasteiger charge is 2.39. The highest BCUT2D eigenvalue weighted by molar-refractivity contribution is 5.89. The lowest BCUT2D eigenvalue weighted by Crippen LogP contribution is -2.50. The first kappa shape index (κ1) is 19.6. The van der Waals surface area contributed by atoms with Gasteiger partial charge >= 0.3 is 0 Å². The average Bonchev–Trinajstić information content (AvgIpc) is 3.16. The molecule has 2 aromatic rings. The molecule has 1 aromatic carbocycles. The van der Waals surface area contributed by atoms with Crippen LogP contribution in [0.1, 0.15) is 30.5 Å². The van der Waals surface area contributed by atoms with Crippen molar-refractivity contribution in [1.82, 2.24) is 19.7 Å². The standard InChI is InChI=1S/C23H28N4O2/c1-18(20-5-3-2-4-6-20)27-17-21(15-22(27)28)23(29)26-13-11-25(12-14-26)16-19-7-9-24-10-8-19/h2-10,18,21H,11-17H2,1H3/t18-,21-/m1/s1. The van der Waals surface area contributed by atoms with Gasteiger partial charge in [-0.1, -0.05) is 30.3 Å². The fraction of sp³-hybridized carbons (Fsp3) is 0.435. The topological polar surface area (TPSA) is 56.8 Å². The molecule has 2 amide bonds. The number of benzene rings is 1. The van der Waals surface area contributed by atoms with Crippen molar-refractivity contribution in [1.29, 1.82) is 0 Å². The van der Waals surface area contributed by atoms with E-state index in [-0.39, 0.29) is 23.8 Å². The van der Waals surface area contributed by atoms with Gasteiger partial charge in [-0.2, -0.15) is 0 Å². The number of carbonyl (C=O) groups is 2. The Hall–Kier alpha value is -2.73. The number of rotatable bonds is 5. The van der Waals surface area contributed by atoms with Gasteiger partial charge in [-0.3, -0.25) is 19.5 Å². The van der Waals surface area contributed by atoms with Gasteiger partial charge in [-0.25, -0.2) is 0 Å². The van der Waals surface area contributed by atoms with Crippen molar-refractivity contribution in [2.75, 3.05) is 32.7 Å². The predicted molar refractivity (Wildman–Crippen MR) is 111 cm³/mol. The van der Waals surface area contributed by atoms with Crippen molar-refractivity contribution >= 4 is 11.8 Å². The number of hydrogen-bond acceptors (Lipinski definition) is 4. The van der Waals surface area contributed by atoms with Gasteiger partial charge < -0.3 is 9.80 Å². The molecule has 0 N–H and O–H groups in total. The van der Waals surface area contributed by atoms with E-state index in [1.165, 1.54) is 5.56 Å². The molecule has 6 nitrogen and oxygen atoms in total. The molecule has 2 atom stereocenters. The fourth-order valence-corrected chi connectivity index (χ4v) is 4.31. The van der Waals surface area contributed by atoms with Crippen LogP contribution in [-0.2, 0) is 16.1 Å². The van der Waals surface area contributed by atoms with E-state index in [4.69, 9.17) is 0 Å². The van der Waals surface area contributed by atoms with E-state index in [1.807, 2.05) is 71.6 Å². The molecule has 0 spiro atoms. The second-order valence-corrected chi connectivity index (χ2v) is 7.99.